The van der Waals surface area contributed by atoms with Gasteiger partial charge in [0, 0.05) is 10.3 Å². The first-order valence-electron chi connectivity index (χ1n) is 4.07. The molecule has 0 spiro atoms. The highest BCUT2D eigenvalue weighted by atomic mass is 127. The Morgan fingerprint density at radius 2 is 2.27 bits per heavy atom. The van der Waals surface area contributed by atoms with Crippen LogP contribution in [0.2, 0.25) is 0 Å². The van der Waals surface area contributed by atoms with Crippen LogP contribution in [0.15, 0.2) is 0 Å². The maximum absolute atomic E-state index is 10.9. The molecule has 0 aromatic carbocycles. The minimum Gasteiger partial charge on any atom is -0.465 e. The van der Waals surface area contributed by atoms with Gasteiger partial charge >= 0.3 is 5.97 Å². The maximum Gasteiger partial charge on any atom is 0.306 e. The molecular weight excluding hydrogens is 255 g/mol. The summed E-state index contributed by atoms with van der Waals surface area (Å²) in [5.74, 6) is 1.31. The molecule has 0 N–H and O–H groups in total. The predicted molar refractivity (Wildman–Crippen MR) is 49.6 cm³/mol. The fourth-order valence-electron chi connectivity index (χ4n) is 2.05. The summed E-state index contributed by atoms with van der Waals surface area (Å²) in [5.41, 5.74) is 0. The van der Waals surface area contributed by atoms with Crippen LogP contribution in [0, 0.1) is 11.8 Å². The molecule has 2 aliphatic rings. The summed E-state index contributed by atoms with van der Waals surface area (Å²) in [6.07, 6.45) is 3.19. The third-order valence-electron chi connectivity index (χ3n) is 2.74. The SMILES string of the molecule is O=C1C[C@H]2C(I)CC[C@H]2CO1. The highest BCUT2D eigenvalue weighted by molar-refractivity contribution is 14.1. The van der Waals surface area contributed by atoms with Gasteiger partial charge in [0.1, 0.15) is 0 Å². The highest BCUT2D eigenvalue weighted by Gasteiger charge is 2.39. The number of esters is 1. The largest absolute Gasteiger partial charge is 0.465 e. The van der Waals surface area contributed by atoms with Crippen molar-refractivity contribution >= 4 is 28.6 Å². The Kier molecular flexibility index (Phi) is 2.08. The molecule has 0 amide bonds. The number of alkyl halides is 1. The monoisotopic (exact) mass is 266 g/mol. The van der Waals surface area contributed by atoms with Gasteiger partial charge in [0.25, 0.3) is 0 Å². The Hall–Kier alpha value is 0.200. The molecule has 2 nitrogen and oxygen atoms in total. The summed E-state index contributed by atoms with van der Waals surface area (Å²) < 4.78 is 5.71. The zero-order valence-corrected chi connectivity index (χ0v) is 8.41. The molecule has 1 saturated carbocycles. The van der Waals surface area contributed by atoms with Crippen molar-refractivity contribution in [2.24, 2.45) is 11.8 Å². The summed E-state index contributed by atoms with van der Waals surface area (Å²) in [7, 11) is 0. The lowest BCUT2D eigenvalue weighted by atomic mass is 9.92. The molecule has 62 valence electrons. The molecule has 2 rings (SSSR count). The van der Waals surface area contributed by atoms with Gasteiger partial charge in [-0.25, -0.2) is 0 Å². The van der Waals surface area contributed by atoms with Crippen molar-refractivity contribution in [2.45, 2.75) is 23.2 Å². The molecule has 1 aliphatic carbocycles. The topological polar surface area (TPSA) is 26.3 Å². The maximum atomic E-state index is 10.9. The summed E-state index contributed by atoms with van der Waals surface area (Å²) in [6, 6.07) is 0. The molecule has 1 unspecified atom stereocenters. The summed E-state index contributed by atoms with van der Waals surface area (Å²) in [4.78, 5) is 10.9. The Labute approximate surface area is 79.8 Å². The normalized spacial score (nSPS) is 43.4. The van der Waals surface area contributed by atoms with E-state index in [1.807, 2.05) is 0 Å². The van der Waals surface area contributed by atoms with E-state index in [0.29, 0.717) is 28.8 Å². The number of carbonyl (C=O) groups excluding carboxylic acids is 1. The molecule has 1 saturated heterocycles. The minimum absolute atomic E-state index is 0.00909. The van der Waals surface area contributed by atoms with Crippen molar-refractivity contribution in [3.8, 4) is 0 Å². The first-order valence-corrected chi connectivity index (χ1v) is 5.31. The van der Waals surface area contributed by atoms with Gasteiger partial charge in [0.05, 0.1) is 6.61 Å². The molecule has 3 atom stereocenters. The van der Waals surface area contributed by atoms with E-state index in [9.17, 15) is 4.79 Å². The van der Waals surface area contributed by atoms with Crippen LogP contribution in [0.3, 0.4) is 0 Å². The van der Waals surface area contributed by atoms with Gasteiger partial charge in [-0.3, -0.25) is 4.79 Å². The van der Waals surface area contributed by atoms with Crippen LogP contribution in [0.4, 0.5) is 0 Å². The predicted octanol–water partition coefficient (Wildman–Crippen LogP) is 1.76. The van der Waals surface area contributed by atoms with E-state index in [1.54, 1.807) is 0 Å². The van der Waals surface area contributed by atoms with Crippen molar-refractivity contribution in [3.63, 3.8) is 0 Å². The van der Waals surface area contributed by atoms with Gasteiger partial charge in [-0.1, -0.05) is 22.6 Å². The number of halogens is 1. The van der Waals surface area contributed by atoms with E-state index in [1.165, 1.54) is 12.8 Å². The first-order chi connectivity index (χ1) is 5.27. The average Bonchev–Trinajstić information content (AvgIpc) is 2.33. The number of fused-ring (bicyclic) bond motifs is 1. The molecule has 0 bridgehead atoms. The van der Waals surface area contributed by atoms with Crippen LogP contribution in [0.5, 0.6) is 0 Å². The third kappa shape index (κ3) is 1.39. The Morgan fingerprint density at radius 3 is 3.09 bits per heavy atom. The van der Waals surface area contributed by atoms with E-state index in [0.717, 1.165) is 0 Å². The highest BCUT2D eigenvalue weighted by Crippen LogP contribution is 2.41. The van der Waals surface area contributed by atoms with Crippen molar-refractivity contribution in [1.82, 2.24) is 0 Å². The van der Waals surface area contributed by atoms with Gasteiger partial charge < -0.3 is 4.74 Å². The second-order valence-electron chi connectivity index (χ2n) is 3.40. The molecule has 11 heavy (non-hydrogen) atoms. The fourth-order valence-corrected chi connectivity index (χ4v) is 3.25. The average molecular weight is 266 g/mol. The Morgan fingerprint density at radius 1 is 1.45 bits per heavy atom. The van der Waals surface area contributed by atoms with E-state index in [2.05, 4.69) is 22.6 Å². The first kappa shape index (κ1) is 7.83. The van der Waals surface area contributed by atoms with Crippen LogP contribution in [-0.4, -0.2) is 16.5 Å². The van der Waals surface area contributed by atoms with Crippen LogP contribution in [0.25, 0.3) is 0 Å². The van der Waals surface area contributed by atoms with Crippen molar-refractivity contribution < 1.29 is 9.53 Å². The summed E-state index contributed by atoms with van der Waals surface area (Å²) >= 11 is 2.47. The second kappa shape index (κ2) is 2.92. The molecular formula is C8H11IO2. The van der Waals surface area contributed by atoms with Gasteiger partial charge in [-0.15, -0.1) is 0 Å². The smallest absolute Gasteiger partial charge is 0.306 e. The number of rotatable bonds is 0. The molecule has 2 fully saturated rings. The molecule has 0 aromatic rings. The third-order valence-corrected chi connectivity index (χ3v) is 4.29. The molecule has 1 heterocycles. The number of cyclic esters (lactones) is 1. The van der Waals surface area contributed by atoms with Gasteiger partial charge in [0.15, 0.2) is 0 Å². The van der Waals surface area contributed by atoms with Crippen molar-refractivity contribution in [2.75, 3.05) is 6.61 Å². The lowest BCUT2D eigenvalue weighted by Crippen LogP contribution is -2.30. The molecule has 0 radical (unpaired) electrons. The van der Waals surface area contributed by atoms with Gasteiger partial charge in [-0.2, -0.15) is 0 Å². The Balaban J connectivity index is 2.07. The van der Waals surface area contributed by atoms with E-state index >= 15 is 0 Å². The van der Waals surface area contributed by atoms with Gasteiger partial charge in [0.2, 0.25) is 0 Å². The van der Waals surface area contributed by atoms with Gasteiger partial charge in [-0.05, 0) is 24.7 Å². The molecule has 0 aromatic heterocycles. The number of carbonyl (C=O) groups is 1. The second-order valence-corrected chi connectivity index (χ2v) is 5.00. The van der Waals surface area contributed by atoms with Crippen molar-refractivity contribution in [3.05, 3.63) is 0 Å². The van der Waals surface area contributed by atoms with Crippen molar-refractivity contribution in [1.29, 1.82) is 0 Å². The van der Waals surface area contributed by atoms with Crippen LogP contribution in [-0.2, 0) is 9.53 Å². The zero-order valence-electron chi connectivity index (χ0n) is 6.25. The number of hydrogen-bond acceptors (Lipinski definition) is 2. The van der Waals surface area contributed by atoms with Crippen LogP contribution < -0.4 is 0 Å². The Bertz CT molecular complexity index is 181. The van der Waals surface area contributed by atoms with E-state index < -0.39 is 0 Å². The van der Waals surface area contributed by atoms with Crippen LogP contribution >= 0.6 is 22.6 Å². The summed E-state index contributed by atoms with van der Waals surface area (Å²) in [5, 5.41) is 0. The van der Waals surface area contributed by atoms with Crippen LogP contribution in [0.1, 0.15) is 19.3 Å². The number of hydrogen-bond donors (Lipinski definition) is 0. The van der Waals surface area contributed by atoms with E-state index in [4.69, 9.17) is 4.74 Å². The lowest BCUT2D eigenvalue weighted by molar-refractivity contribution is -0.151. The summed E-state index contributed by atoms with van der Waals surface area (Å²) in [6.45, 7) is 0.684. The fraction of sp³-hybridized carbons (Fsp3) is 0.875. The lowest BCUT2D eigenvalue weighted by Gasteiger charge is -2.25. The number of ether oxygens (including phenoxy) is 1. The molecule has 3 heteroatoms. The standard InChI is InChI=1S/C8H11IO2/c9-7-2-1-5-4-11-8(10)3-6(5)7/h5-7H,1-4H2/t5-,6+,7?/m0/s1. The van der Waals surface area contributed by atoms with E-state index in [-0.39, 0.29) is 5.97 Å². The molecule has 1 aliphatic heterocycles. The minimum atomic E-state index is 0.00909. The quantitative estimate of drug-likeness (QED) is 0.379. The zero-order chi connectivity index (χ0) is 7.84.